The van der Waals surface area contributed by atoms with Crippen LogP contribution in [0, 0.1) is 19.8 Å². The second-order valence-corrected chi connectivity index (χ2v) is 9.35. The van der Waals surface area contributed by atoms with E-state index in [-0.39, 0.29) is 22.8 Å². The summed E-state index contributed by atoms with van der Waals surface area (Å²) in [4.78, 5) is 14.4. The Morgan fingerprint density at radius 2 is 1.72 bits per heavy atom. The molecule has 6 nitrogen and oxygen atoms in total. The van der Waals surface area contributed by atoms with Crippen LogP contribution in [-0.2, 0) is 21.3 Å². The van der Waals surface area contributed by atoms with Crippen molar-refractivity contribution >= 4 is 21.7 Å². The lowest BCUT2D eigenvalue weighted by Gasteiger charge is -2.21. The summed E-state index contributed by atoms with van der Waals surface area (Å²) < 4.78 is 29.6. The average Bonchev–Trinajstić information content (AvgIpc) is 3.27. The molecule has 1 amide bonds. The molecule has 2 aromatic carbocycles. The van der Waals surface area contributed by atoms with E-state index in [0.29, 0.717) is 0 Å². The Balaban J connectivity index is 0.000000188. The number of hydrogen-bond donors (Lipinski definition) is 2. The zero-order valence-electron chi connectivity index (χ0n) is 16.8. The van der Waals surface area contributed by atoms with Crippen LogP contribution in [-0.4, -0.2) is 31.5 Å². The summed E-state index contributed by atoms with van der Waals surface area (Å²) in [6, 6.07) is 12.6. The van der Waals surface area contributed by atoms with Crippen molar-refractivity contribution < 1.29 is 17.8 Å². The number of fused-ring (bicyclic) bond motifs is 1. The summed E-state index contributed by atoms with van der Waals surface area (Å²) in [5.74, 6) is 0.429. The topological polar surface area (TPSA) is 101 Å². The first-order chi connectivity index (χ1) is 13.6. The molecule has 2 unspecified atom stereocenters. The van der Waals surface area contributed by atoms with Crippen molar-refractivity contribution in [2.24, 2.45) is 11.7 Å². The molecule has 0 bridgehead atoms. The van der Waals surface area contributed by atoms with Gasteiger partial charge in [-0.2, -0.15) is 8.42 Å². The zero-order valence-corrected chi connectivity index (χ0v) is 17.7. The first kappa shape index (κ1) is 21.5. The van der Waals surface area contributed by atoms with Gasteiger partial charge < -0.3 is 10.6 Å². The SMILES string of the molecule is Cc1ccc(S(=O)(=O)O)cc1.Cc1ccc2c(c1)N(C(=O)C1CCC(N)C1)CC2. The number of carbonyl (C=O) groups excluding carboxylic acids is 1. The van der Waals surface area contributed by atoms with Crippen molar-refractivity contribution in [3.63, 3.8) is 0 Å². The molecule has 1 aliphatic carbocycles. The maximum atomic E-state index is 12.5. The fraction of sp³-hybridized carbons (Fsp3) is 0.409. The number of hydrogen-bond acceptors (Lipinski definition) is 4. The smallest absolute Gasteiger partial charge is 0.294 e. The van der Waals surface area contributed by atoms with E-state index in [1.165, 1.54) is 23.3 Å². The second kappa shape index (κ2) is 8.65. The molecule has 0 saturated heterocycles. The molecular weight excluding hydrogens is 388 g/mol. The van der Waals surface area contributed by atoms with Gasteiger partial charge in [0.2, 0.25) is 5.91 Å². The molecule has 1 saturated carbocycles. The van der Waals surface area contributed by atoms with Gasteiger partial charge in [-0.3, -0.25) is 9.35 Å². The van der Waals surface area contributed by atoms with Crippen LogP contribution in [0.25, 0.3) is 0 Å². The minimum Gasteiger partial charge on any atom is -0.328 e. The van der Waals surface area contributed by atoms with E-state index in [9.17, 15) is 13.2 Å². The summed E-state index contributed by atoms with van der Waals surface area (Å²) in [5, 5.41) is 0. The van der Waals surface area contributed by atoms with Crippen LogP contribution in [0.2, 0.25) is 0 Å². The van der Waals surface area contributed by atoms with Gasteiger partial charge in [0.15, 0.2) is 0 Å². The normalized spacial score (nSPS) is 20.8. The quantitative estimate of drug-likeness (QED) is 0.732. The molecule has 1 aliphatic heterocycles. The van der Waals surface area contributed by atoms with Gasteiger partial charge in [-0.1, -0.05) is 29.8 Å². The zero-order chi connectivity index (χ0) is 21.2. The second-order valence-electron chi connectivity index (χ2n) is 7.93. The summed E-state index contributed by atoms with van der Waals surface area (Å²) in [7, 11) is -4.02. The number of rotatable bonds is 2. The maximum absolute atomic E-state index is 12.5. The molecule has 0 aromatic heterocycles. The highest BCUT2D eigenvalue weighted by Gasteiger charge is 2.34. The van der Waals surface area contributed by atoms with Gasteiger partial charge in [-0.15, -0.1) is 0 Å². The molecule has 2 atom stereocenters. The van der Waals surface area contributed by atoms with Gasteiger partial charge in [0, 0.05) is 24.2 Å². The lowest BCUT2D eigenvalue weighted by Crippen LogP contribution is -2.34. The van der Waals surface area contributed by atoms with Crippen LogP contribution in [0.4, 0.5) is 5.69 Å². The lowest BCUT2D eigenvalue weighted by atomic mass is 10.1. The number of aryl methyl sites for hydroxylation is 2. The molecule has 0 spiro atoms. The van der Waals surface area contributed by atoms with Crippen LogP contribution in [0.5, 0.6) is 0 Å². The number of nitrogens with zero attached hydrogens (tertiary/aromatic N) is 1. The van der Waals surface area contributed by atoms with Crippen LogP contribution >= 0.6 is 0 Å². The van der Waals surface area contributed by atoms with Gasteiger partial charge in [0.1, 0.15) is 0 Å². The van der Waals surface area contributed by atoms with Crippen LogP contribution in [0.3, 0.4) is 0 Å². The number of carbonyl (C=O) groups is 1. The minimum atomic E-state index is -4.02. The third-order valence-electron chi connectivity index (χ3n) is 5.54. The third kappa shape index (κ3) is 5.23. The average molecular weight is 417 g/mol. The highest BCUT2D eigenvalue weighted by atomic mass is 32.2. The van der Waals surface area contributed by atoms with E-state index in [0.717, 1.165) is 43.5 Å². The highest BCUT2D eigenvalue weighted by molar-refractivity contribution is 7.85. The van der Waals surface area contributed by atoms with E-state index in [1.807, 2.05) is 11.8 Å². The Morgan fingerprint density at radius 3 is 2.31 bits per heavy atom. The molecule has 156 valence electrons. The Morgan fingerprint density at radius 1 is 1.07 bits per heavy atom. The maximum Gasteiger partial charge on any atom is 0.294 e. The summed E-state index contributed by atoms with van der Waals surface area (Å²) >= 11 is 0. The largest absolute Gasteiger partial charge is 0.328 e. The van der Waals surface area contributed by atoms with Crippen molar-refractivity contribution in [3.8, 4) is 0 Å². The highest BCUT2D eigenvalue weighted by Crippen LogP contribution is 2.33. The van der Waals surface area contributed by atoms with E-state index in [1.54, 1.807) is 12.1 Å². The molecule has 1 fully saturated rings. The molecule has 2 aromatic rings. The van der Waals surface area contributed by atoms with Crippen molar-refractivity contribution in [1.29, 1.82) is 0 Å². The monoisotopic (exact) mass is 416 g/mol. The van der Waals surface area contributed by atoms with Gasteiger partial charge in [-0.05, 0) is 68.9 Å². The molecule has 0 radical (unpaired) electrons. The van der Waals surface area contributed by atoms with Crippen LogP contribution in [0.15, 0.2) is 47.4 Å². The third-order valence-corrected chi connectivity index (χ3v) is 6.41. The van der Waals surface area contributed by atoms with E-state index >= 15 is 0 Å². The first-order valence-corrected chi connectivity index (χ1v) is 11.3. The first-order valence-electron chi connectivity index (χ1n) is 9.86. The van der Waals surface area contributed by atoms with Crippen LogP contribution < -0.4 is 10.6 Å². The Labute approximate surface area is 172 Å². The standard InChI is InChI=1S/C15H20N2O.C7H8O3S/c1-10-2-3-11-6-7-17(14(11)8-10)15(18)12-4-5-13(16)9-12;1-6-2-4-7(5-3-6)11(8,9)10/h2-3,8,12-13H,4-7,9,16H2,1H3;2-5H,1H3,(H,8,9,10). The fourth-order valence-electron chi connectivity index (χ4n) is 3.89. The summed E-state index contributed by atoms with van der Waals surface area (Å²) in [5.41, 5.74) is 10.5. The van der Waals surface area contributed by atoms with E-state index < -0.39 is 10.1 Å². The molecule has 7 heteroatoms. The van der Waals surface area contributed by atoms with Gasteiger partial charge in [0.25, 0.3) is 10.1 Å². The fourth-order valence-corrected chi connectivity index (χ4v) is 4.37. The van der Waals surface area contributed by atoms with Gasteiger partial charge >= 0.3 is 0 Å². The lowest BCUT2D eigenvalue weighted by molar-refractivity contribution is -0.122. The minimum absolute atomic E-state index is 0.0666. The molecule has 2 aliphatic rings. The van der Waals surface area contributed by atoms with Crippen molar-refractivity contribution in [1.82, 2.24) is 0 Å². The number of anilines is 1. The van der Waals surface area contributed by atoms with Gasteiger partial charge in [0.05, 0.1) is 4.90 Å². The van der Waals surface area contributed by atoms with Crippen molar-refractivity contribution in [2.75, 3.05) is 11.4 Å². The van der Waals surface area contributed by atoms with Crippen molar-refractivity contribution in [2.45, 2.75) is 50.5 Å². The predicted molar refractivity (Wildman–Crippen MR) is 114 cm³/mol. The van der Waals surface area contributed by atoms with E-state index in [4.69, 9.17) is 10.3 Å². The Bertz CT molecular complexity index is 986. The molecule has 3 N–H and O–H groups in total. The molecule has 4 rings (SSSR count). The molecule has 1 heterocycles. The predicted octanol–water partition coefficient (Wildman–Crippen LogP) is 3.25. The van der Waals surface area contributed by atoms with Crippen LogP contribution in [0.1, 0.15) is 36.0 Å². The Kier molecular flexibility index (Phi) is 6.41. The van der Waals surface area contributed by atoms with E-state index in [2.05, 4.69) is 25.1 Å². The Hall–Kier alpha value is -2.22. The van der Waals surface area contributed by atoms with Crippen molar-refractivity contribution in [3.05, 3.63) is 59.2 Å². The molecule has 29 heavy (non-hydrogen) atoms. The van der Waals surface area contributed by atoms with Gasteiger partial charge in [-0.25, -0.2) is 0 Å². The summed E-state index contributed by atoms with van der Waals surface area (Å²) in [6.45, 7) is 4.75. The molecular formula is C22H28N2O4S. The number of amides is 1. The summed E-state index contributed by atoms with van der Waals surface area (Å²) in [6.07, 6.45) is 3.79. The number of nitrogens with two attached hydrogens (primary N) is 1. The number of benzene rings is 2.